The Bertz CT molecular complexity index is 209. The molecule has 3 nitrogen and oxygen atoms in total. The van der Waals surface area contributed by atoms with Crippen molar-refractivity contribution in [2.75, 3.05) is 5.75 Å². The van der Waals surface area contributed by atoms with Crippen LogP contribution in [0.1, 0.15) is 40.0 Å². The fourth-order valence-electron chi connectivity index (χ4n) is 1.95. The third-order valence-electron chi connectivity index (χ3n) is 2.54. The van der Waals surface area contributed by atoms with Crippen molar-refractivity contribution in [2.24, 2.45) is 0 Å². The maximum absolute atomic E-state index is 11.4. The van der Waals surface area contributed by atoms with Crippen LogP contribution in [0.25, 0.3) is 0 Å². The predicted molar refractivity (Wildman–Crippen MR) is 66.4 cm³/mol. The minimum Gasteiger partial charge on any atom is -0.336 e. The molecule has 0 aromatic heterocycles. The van der Waals surface area contributed by atoms with Gasteiger partial charge in [0.1, 0.15) is 0 Å². The quantitative estimate of drug-likeness (QED) is 0.778. The highest BCUT2D eigenvalue weighted by Gasteiger charge is 2.25. The van der Waals surface area contributed by atoms with Gasteiger partial charge in [-0.25, -0.2) is 4.79 Å². The van der Waals surface area contributed by atoms with Gasteiger partial charge in [-0.1, -0.05) is 6.92 Å². The molecule has 2 atom stereocenters. The number of nitrogens with one attached hydrogen (secondary N) is 2. The molecule has 2 N–H and O–H groups in total. The molecular weight excluding hydrogens is 208 g/mol. The SMILES string of the molecule is CCSC1CCC(NC(=O)NC(C)C)C1. The minimum absolute atomic E-state index is 0.0165. The summed E-state index contributed by atoms with van der Waals surface area (Å²) in [6, 6.07) is 0.581. The second kappa shape index (κ2) is 6.26. The van der Waals surface area contributed by atoms with Crippen LogP contribution in [0, 0.1) is 0 Å². The lowest BCUT2D eigenvalue weighted by atomic mass is 10.2. The highest BCUT2D eigenvalue weighted by molar-refractivity contribution is 7.99. The molecule has 0 aliphatic heterocycles. The van der Waals surface area contributed by atoms with Crippen LogP contribution in [0.3, 0.4) is 0 Å². The third-order valence-corrected chi connectivity index (χ3v) is 3.77. The number of carbonyl (C=O) groups excluding carboxylic acids is 1. The summed E-state index contributed by atoms with van der Waals surface area (Å²) < 4.78 is 0. The number of urea groups is 1. The monoisotopic (exact) mass is 230 g/mol. The van der Waals surface area contributed by atoms with Crippen LogP contribution in [0.4, 0.5) is 4.79 Å². The van der Waals surface area contributed by atoms with Gasteiger partial charge >= 0.3 is 6.03 Å². The van der Waals surface area contributed by atoms with Gasteiger partial charge in [-0.2, -0.15) is 11.8 Å². The average molecular weight is 230 g/mol. The fourth-order valence-corrected chi connectivity index (χ4v) is 3.09. The first-order valence-corrected chi connectivity index (χ1v) is 6.85. The van der Waals surface area contributed by atoms with Crippen molar-refractivity contribution in [1.29, 1.82) is 0 Å². The molecule has 15 heavy (non-hydrogen) atoms. The third kappa shape index (κ3) is 4.78. The Labute approximate surface area is 96.8 Å². The molecule has 0 aromatic carbocycles. The van der Waals surface area contributed by atoms with Crippen LogP contribution >= 0.6 is 11.8 Å². The van der Waals surface area contributed by atoms with E-state index in [-0.39, 0.29) is 12.1 Å². The molecule has 1 aliphatic rings. The Morgan fingerprint density at radius 2 is 2.20 bits per heavy atom. The molecule has 0 aromatic rings. The van der Waals surface area contributed by atoms with Crippen molar-refractivity contribution in [1.82, 2.24) is 10.6 Å². The lowest BCUT2D eigenvalue weighted by molar-refractivity contribution is 0.235. The predicted octanol–water partition coefficient (Wildman–Crippen LogP) is 2.37. The molecule has 0 heterocycles. The van der Waals surface area contributed by atoms with Gasteiger partial charge in [0.25, 0.3) is 0 Å². The summed E-state index contributed by atoms with van der Waals surface area (Å²) in [5.41, 5.74) is 0. The zero-order valence-electron chi connectivity index (χ0n) is 9.88. The summed E-state index contributed by atoms with van der Waals surface area (Å²) in [5.74, 6) is 1.18. The van der Waals surface area contributed by atoms with Crippen molar-refractivity contribution < 1.29 is 4.79 Å². The number of amides is 2. The van der Waals surface area contributed by atoms with E-state index in [1.807, 2.05) is 25.6 Å². The summed E-state index contributed by atoms with van der Waals surface area (Å²) in [6.45, 7) is 6.14. The molecule has 0 bridgehead atoms. The molecule has 1 saturated carbocycles. The molecule has 1 fully saturated rings. The van der Waals surface area contributed by atoms with Crippen LogP contribution in [0.5, 0.6) is 0 Å². The van der Waals surface area contributed by atoms with Crippen LogP contribution in [0.2, 0.25) is 0 Å². The minimum atomic E-state index is -0.0165. The molecule has 2 unspecified atom stereocenters. The number of thioether (sulfide) groups is 1. The van der Waals surface area contributed by atoms with Gasteiger partial charge in [0, 0.05) is 17.3 Å². The molecular formula is C11H22N2OS. The summed E-state index contributed by atoms with van der Waals surface area (Å²) in [4.78, 5) is 11.4. The molecule has 0 radical (unpaired) electrons. The standard InChI is InChI=1S/C11H22N2OS/c1-4-15-10-6-5-9(7-10)13-11(14)12-8(2)3/h8-10H,4-7H2,1-3H3,(H2,12,13,14). The van der Waals surface area contributed by atoms with Crippen molar-refractivity contribution in [3.63, 3.8) is 0 Å². The Kier molecular flexibility index (Phi) is 5.29. The number of hydrogen-bond donors (Lipinski definition) is 2. The summed E-state index contributed by atoms with van der Waals surface area (Å²) in [5, 5.41) is 6.64. The van der Waals surface area contributed by atoms with Crippen molar-refractivity contribution in [3.05, 3.63) is 0 Å². The second-order valence-corrected chi connectivity index (χ2v) is 5.94. The Morgan fingerprint density at radius 3 is 2.80 bits per heavy atom. The molecule has 88 valence electrons. The van der Waals surface area contributed by atoms with Crippen molar-refractivity contribution in [3.8, 4) is 0 Å². The van der Waals surface area contributed by atoms with E-state index in [1.165, 1.54) is 12.2 Å². The average Bonchev–Trinajstić information content (AvgIpc) is 2.51. The van der Waals surface area contributed by atoms with E-state index in [9.17, 15) is 4.79 Å². The molecule has 2 amide bonds. The van der Waals surface area contributed by atoms with E-state index in [1.54, 1.807) is 0 Å². The number of carbonyl (C=O) groups is 1. The Hall–Kier alpha value is -0.380. The first kappa shape index (κ1) is 12.7. The summed E-state index contributed by atoms with van der Waals surface area (Å²) in [7, 11) is 0. The van der Waals surface area contributed by atoms with E-state index in [2.05, 4.69) is 17.6 Å². The van der Waals surface area contributed by atoms with Gasteiger partial charge in [-0.15, -0.1) is 0 Å². The highest BCUT2D eigenvalue weighted by atomic mass is 32.2. The van der Waals surface area contributed by atoms with Crippen LogP contribution in [0.15, 0.2) is 0 Å². The summed E-state index contributed by atoms with van der Waals surface area (Å²) in [6.07, 6.45) is 3.50. The van der Waals surface area contributed by atoms with Crippen LogP contribution < -0.4 is 10.6 Å². The van der Waals surface area contributed by atoms with Crippen LogP contribution in [-0.4, -0.2) is 29.1 Å². The molecule has 0 spiro atoms. The lowest BCUT2D eigenvalue weighted by Gasteiger charge is -2.15. The van der Waals surface area contributed by atoms with E-state index in [0.29, 0.717) is 6.04 Å². The first-order valence-electron chi connectivity index (χ1n) is 5.80. The van der Waals surface area contributed by atoms with E-state index in [4.69, 9.17) is 0 Å². The van der Waals surface area contributed by atoms with Gasteiger partial charge in [-0.05, 0) is 38.9 Å². The highest BCUT2D eigenvalue weighted by Crippen LogP contribution is 2.29. The Balaban J connectivity index is 2.20. The summed E-state index contributed by atoms with van der Waals surface area (Å²) >= 11 is 2.01. The largest absolute Gasteiger partial charge is 0.336 e. The Morgan fingerprint density at radius 1 is 1.47 bits per heavy atom. The van der Waals surface area contributed by atoms with Gasteiger partial charge in [0.2, 0.25) is 0 Å². The van der Waals surface area contributed by atoms with Crippen LogP contribution in [-0.2, 0) is 0 Å². The number of hydrogen-bond acceptors (Lipinski definition) is 2. The normalized spacial score (nSPS) is 25.6. The van der Waals surface area contributed by atoms with Gasteiger partial charge < -0.3 is 10.6 Å². The molecule has 0 saturated heterocycles. The maximum Gasteiger partial charge on any atom is 0.315 e. The van der Waals surface area contributed by atoms with E-state index in [0.717, 1.165) is 18.1 Å². The smallest absolute Gasteiger partial charge is 0.315 e. The van der Waals surface area contributed by atoms with Gasteiger partial charge in [0.05, 0.1) is 0 Å². The van der Waals surface area contributed by atoms with Crippen molar-refractivity contribution >= 4 is 17.8 Å². The fraction of sp³-hybridized carbons (Fsp3) is 0.909. The van der Waals surface area contributed by atoms with Gasteiger partial charge in [0.15, 0.2) is 0 Å². The van der Waals surface area contributed by atoms with Gasteiger partial charge in [-0.3, -0.25) is 0 Å². The molecule has 1 rings (SSSR count). The zero-order valence-corrected chi connectivity index (χ0v) is 10.7. The zero-order chi connectivity index (χ0) is 11.3. The maximum atomic E-state index is 11.4. The second-order valence-electron chi connectivity index (χ2n) is 4.36. The van der Waals surface area contributed by atoms with E-state index >= 15 is 0 Å². The van der Waals surface area contributed by atoms with E-state index < -0.39 is 0 Å². The first-order chi connectivity index (χ1) is 7.11. The van der Waals surface area contributed by atoms with Crippen molar-refractivity contribution in [2.45, 2.75) is 57.4 Å². The topological polar surface area (TPSA) is 41.1 Å². The molecule has 1 aliphatic carbocycles. The molecule has 4 heteroatoms. The number of rotatable bonds is 4. The lowest BCUT2D eigenvalue weighted by Crippen LogP contribution is -2.43.